The van der Waals surface area contributed by atoms with Crippen molar-refractivity contribution in [2.75, 3.05) is 26.2 Å². The van der Waals surface area contributed by atoms with Crippen molar-refractivity contribution in [1.29, 1.82) is 0 Å². The maximum atomic E-state index is 12.4. The van der Waals surface area contributed by atoms with Crippen molar-refractivity contribution in [1.82, 2.24) is 10.2 Å². The second-order valence-electron chi connectivity index (χ2n) is 5.96. The number of carbonyl (C=O) groups excluding carboxylic acids is 1. The van der Waals surface area contributed by atoms with Gasteiger partial charge in [0.05, 0.1) is 0 Å². The first kappa shape index (κ1) is 12.7. The third kappa shape index (κ3) is 2.39. The van der Waals surface area contributed by atoms with Crippen LogP contribution in [0.25, 0.3) is 0 Å². The number of benzene rings is 1. The third-order valence-corrected chi connectivity index (χ3v) is 4.61. The van der Waals surface area contributed by atoms with Crippen molar-refractivity contribution in [3.8, 4) is 0 Å². The van der Waals surface area contributed by atoms with Crippen LogP contribution in [0.15, 0.2) is 24.3 Å². The number of nitrogens with one attached hydrogen (secondary N) is 1. The molecule has 1 amide bonds. The highest BCUT2D eigenvalue weighted by molar-refractivity contribution is 5.94. The molecular formula is C16H22N2O. The first-order chi connectivity index (χ1) is 9.22. The molecule has 0 aliphatic carbocycles. The molecule has 0 saturated carbocycles. The minimum Gasteiger partial charge on any atom is -0.337 e. The number of aryl methyl sites for hydroxylation is 1. The first-order valence-corrected chi connectivity index (χ1v) is 7.31. The third-order valence-electron chi connectivity index (χ3n) is 4.61. The number of hydrogen-bond acceptors (Lipinski definition) is 2. The fourth-order valence-electron chi connectivity index (χ4n) is 3.25. The van der Waals surface area contributed by atoms with Gasteiger partial charge in [-0.2, -0.15) is 0 Å². The van der Waals surface area contributed by atoms with Gasteiger partial charge in [-0.1, -0.05) is 19.1 Å². The lowest BCUT2D eigenvalue weighted by atomic mass is 9.72. The fourth-order valence-corrected chi connectivity index (χ4v) is 3.25. The topological polar surface area (TPSA) is 32.3 Å². The van der Waals surface area contributed by atoms with Crippen LogP contribution < -0.4 is 5.32 Å². The molecule has 19 heavy (non-hydrogen) atoms. The van der Waals surface area contributed by atoms with Gasteiger partial charge in [0.2, 0.25) is 0 Å². The summed E-state index contributed by atoms with van der Waals surface area (Å²) in [5, 5.41) is 3.39. The van der Waals surface area contributed by atoms with E-state index in [1.807, 2.05) is 17.0 Å². The van der Waals surface area contributed by atoms with Gasteiger partial charge in [0, 0.05) is 24.1 Å². The zero-order valence-electron chi connectivity index (χ0n) is 11.6. The number of nitrogens with zero attached hydrogens (tertiary/aromatic N) is 1. The number of piperidine rings is 1. The molecule has 2 saturated heterocycles. The zero-order valence-corrected chi connectivity index (χ0v) is 11.6. The normalized spacial score (nSPS) is 21.2. The van der Waals surface area contributed by atoms with E-state index in [2.05, 4.69) is 24.4 Å². The molecule has 0 atom stereocenters. The number of likely N-dealkylation sites (tertiary alicyclic amines) is 1. The Morgan fingerprint density at radius 1 is 1.21 bits per heavy atom. The molecule has 1 N–H and O–H groups in total. The summed E-state index contributed by atoms with van der Waals surface area (Å²) in [5.41, 5.74) is 2.54. The molecule has 2 aliphatic heterocycles. The average molecular weight is 258 g/mol. The maximum Gasteiger partial charge on any atom is 0.253 e. The SMILES string of the molecule is CCc1ccc(C(=O)N2CC3(CCNCC3)C2)cc1. The van der Waals surface area contributed by atoms with E-state index in [1.165, 1.54) is 18.4 Å². The van der Waals surface area contributed by atoms with Gasteiger partial charge in [-0.25, -0.2) is 0 Å². The van der Waals surface area contributed by atoms with E-state index in [1.54, 1.807) is 0 Å². The summed E-state index contributed by atoms with van der Waals surface area (Å²) < 4.78 is 0. The lowest BCUT2D eigenvalue weighted by Gasteiger charge is -2.52. The van der Waals surface area contributed by atoms with Gasteiger partial charge >= 0.3 is 0 Å². The Morgan fingerprint density at radius 2 is 1.84 bits per heavy atom. The van der Waals surface area contributed by atoms with Crippen LogP contribution in [0.3, 0.4) is 0 Å². The summed E-state index contributed by atoms with van der Waals surface area (Å²) in [6.07, 6.45) is 3.45. The summed E-state index contributed by atoms with van der Waals surface area (Å²) in [6, 6.07) is 8.06. The Balaban J connectivity index is 1.62. The van der Waals surface area contributed by atoms with Crippen LogP contribution in [0.1, 0.15) is 35.7 Å². The molecule has 3 rings (SSSR count). The number of hydrogen-bond donors (Lipinski definition) is 1. The lowest BCUT2D eigenvalue weighted by molar-refractivity contribution is -0.0113. The molecule has 0 radical (unpaired) electrons. The molecule has 1 aromatic rings. The van der Waals surface area contributed by atoms with Gasteiger partial charge in [-0.3, -0.25) is 4.79 Å². The minimum atomic E-state index is 0.201. The van der Waals surface area contributed by atoms with Crippen LogP contribution >= 0.6 is 0 Å². The van der Waals surface area contributed by atoms with Crippen LogP contribution in [-0.2, 0) is 6.42 Å². The highest BCUT2D eigenvalue weighted by atomic mass is 16.2. The Morgan fingerprint density at radius 3 is 2.42 bits per heavy atom. The van der Waals surface area contributed by atoms with Gasteiger partial charge in [0.15, 0.2) is 0 Å². The predicted octanol–water partition coefficient (Wildman–Crippen LogP) is 2.07. The largest absolute Gasteiger partial charge is 0.337 e. The Kier molecular flexibility index (Phi) is 3.31. The van der Waals surface area contributed by atoms with Gasteiger partial charge in [0.25, 0.3) is 5.91 Å². The van der Waals surface area contributed by atoms with E-state index >= 15 is 0 Å². The van der Waals surface area contributed by atoms with Gasteiger partial charge in [-0.05, 0) is 50.0 Å². The molecule has 0 unspecified atom stereocenters. The molecule has 0 bridgehead atoms. The highest BCUT2D eigenvalue weighted by Crippen LogP contribution is 2.39. The summed E-state index contributed by atoms with van der Waals surface area (Å²) in [7, 11) is 0. The number of rotatable bonds is 2. The first-order valence-electron chi connectivity index (χ1n) is 7.31. The summed E-state index contributed by atoms with van der Waals surface area (Å²) in [5.74, 6) is 0.201. The highest BCUT2D eigenvalue weighted by Gasteiger charge is 2.45. The Labute approximate surface area is 115 Å². The second-order valence-corrected chi connectivity index (χ2v) is 5.96. The second kappa shape index (κ2) is 4.97. The Bertz CT molecular complexity index is 452. The van der Waals surface area contributed by atoms with E-state index in [4.69, 9.17) is 0 Å². The van der Waals surface area contributed by atoms with Crippen molar-refractivity contribution in [2.45, 2.75) is 26.2 Å². The lowest BCUT2D eigenvalue weighted by Crippen LogP contribution is -2.61. The molecule has 2 fully saturated rings. The minimum absolute atomic E-state index is 0.201. The molecule has 102 valence electrons. The molecule has 0 aromatic heterocycles. The van der Waals surface area contributed by atoms with Crippen molar-refractivity contribution >= 4 is 5.91 Å². The monoisotopic (exact) mass is 258 g/mol. The maximum absolute atomic E-state index is 12.4. The van der Waals surface area contributed by atoms with Gasteiger partial charge in [-0.15, -0.1) is 0 Å². The fraction of sp³-hybridized carbons (Fsp3) is 0.562. The van der Waals surface area contributed by atoms with Crippen molar-refractivity contribution in [2.24, 2.45) is 5.41 Å². The van der Waals surface area contributed by atoms with E-state index in [0.717, 1.165) is 38.2 Å². The molecule has 3 nitrogen and oxygen atoms in total. The van der Waals surface area contributed by atoms with Crippen molar-refractivity contribution in [3.63, 3.8) is 0 Å². The number of carbonyl (C=O) groups is 1. The van der Waals surface area contributed by atoms with Crippen molar-refractivity contribution < 1.29 is 4.79 Å². The number of amides is 1. The van der Waals surface area contributed by atoms with Gasteiger partial charge < -0.3 is 10.2 Å². The van der Waals surface area contributed by atoms with E-state index in [-0.39, 0.29) is 5.91 Å². The smallest absolute Gasteiger partial charge is 0.253 e. The standard InChI is InChI=1S/C16H22N2O/c1-2-13-3-5-14(6-4-13)15(19)18-11-16(12-18)7-9-17-10-8-16/h3-6,17H,2,7-12H2,1H3. The van der Waals surface area contributed by atoms with Crippen LogP contribution in [0, 0.1) is 5.41 Å². The van der Waals surface area contributed by atoms with E-state index in [0.29, 0.717) is 5.41 Å². The van der Waals surface area contributed by atoms with Crippen molar-refractivity contribution in [3.05, 3.63) is 35.4 Å². The predicted molar refractivity (Wildman–Crippen MR) is 76.3 cm³/mol. The zero-order chi connectivity index (χ0) is 13.3. The quantitative estimate of drug-likeness (QED) is 0.881. The Hall–Kier alpha value is -1.35. The average Bonchev–Trinajstić information content (AvgIpc) is 2.45. The summed E-state index contributed by atoms with van der Waals surface area (Å²) in [6.45, 7) is 6.24. The molecule has 3 heteroatoms. The molecule has 1 aromatic carbocycles. The van der Waals surface area contributed by atoms with Crippen LogP contribution in [0.2, 0.25) is 0 Å². The van der Waals surface area contributed by atoms with E-state index in [9.17, 15) is 4.79 Å². The summed E-state index contributed by atoms with van der Waals surface area (Å²) in [4.78, 5) is 14.4. The van der Waals surface area contributed by atoms with Crippen LogP contribution in [-0.4, -0.2) is 37.0 Å². The van der Waals surface area contributed by atoms with E-state index < -0.39 is 0 Å². The molecule has 2 aliphatic rings. The molecule has 2 heterocycles. The summed E-state index contributed by atoms with van der Waals surface area (Å²) >= 11 is 0. The molecular weight excluding hydrogens is 236 g/mol. The van der Waals surface area contributed by atoms with Gasteiger partial charge in [0.1, 0.15) is 0 Å². The van der Waals surface area contributed by atoms with Crippen LogP contribution in [0.4, 0.5) is 0 Å². The van der Waals surface area contributed by atoms with Crippen LogP contribution in [0.5, 0.6) is 0 Å². The molecule has 1 spiro atoms.